The Morgan fingerprint density at radius 1 is 1.03 bits per heavy atom. The highest BCUT2D eigenvalue weighted by molar-refractivity contribution is 5.75. The first kappa shape index (κ1) is 22.8. The van der Waals surface area contributed by atoms with Crippen molar-refractivity contribution in [3.05, 3.63) is 64.7 Å². The van der Waals surface area contributed by atoms with Gasteiger partial charge in [-0.1, -0.05) is 6.07 Å². The average Bonchev–Trinajstić information content (AvgIpc) is 2.71. The van der Waals surface area contributed by atoms with Gasteiger partial charge in [-0.25, -0.2) is 9.18 Å². The third-order valence-electron chi connectivity index (χ3n) is 4.62. The summed E-state index contributed by atoms with van der Waals surface area (Å²) in [6.07, 6.45) is -8.81. The summed E-state index contributed by atoms with van der Waals surface area (Å²) in [5.41, 5.74) is -3.78. The molecular formula is C19H16F7N3O2. The molecule has 0 saturated carbocycles. The summed E-state index contributed by atoms with van der Waals surface area (Å²) >= 11 is 0. The van der Waals surface area contributed by atoms with E-state index in [-0.39, 0.29) is 31.9 Å². The number of rotatable bonds is 3. The summed E-state index contributed by atoms with van der Waals surface area (Å²) in [6.45, 7) is 0.747. The number of alkyl halides is 6. The van der Waals surface area contributed by atoms with Crippen LogP contribution in [0, 0.1) is 5.82 Å². The van der Waals surface area contributed by atoms with Gasteiger partial charge in [0.2, 0.25) is 0 Å². The largest absolute Gasteiger partial charge is 0.419 e. The summed E-state index contributed by atoms with van der Waals surface area (Å²) in [7, 11) is 0. The molecule has 1 aliphatic rings. The van der Waals surface area contributed by atoms with Crippen LogP contribution in [0.2, 0.25) is 0 Å². The van der Waals surface area contributed by atoms with E-state index in [1.807, 2.05) is 0 Å². The predicted octanol–water partition coefficient (Wildman–Crippen LogP) is 4.39. The minimum absolute atomic E-state index is 0.161. The van der Waals surface area contributed by atoms with Gasteiger partial charge >= 0.3 is 18.4 Å². The van der Waals surface area contributed by atoms with Crippen molar-refractivity contribution in [1.29, 1.82) is 0 Å². The Hall–Kier alpha value is -2.89. The number of halogens is 7. The van der Waals surface area contributed by atoms with E-state index in [2.05, 4.69) is 10.3 Å². The molecule has 1 fully saturated rings. The number of pyridine rings is 1. The summed E-state index contributed by atoms with van der Waals surface area (Å²) < 4.78 is 98.5. The van der Waals surface area contributed by atoms with Crippen LogP contribution in [0.5, 0.6) is 0 Å². The molecule has 1 aromatic carbocycles. The lowest BCUT2D eigenvalue weighted by atomic mass is 9.97. The number of nitrogens with one attached hydrogen (secondary N) is 1. The van der Waals surface area contributed by atoms with Gasteiger partial charge in [0.1, 0.15) is 5.82 Å². The molecule has 3 rings (SSSR count). The van der Waals surface area contributed by atoms with Crippen LogP contribution in [-0.4, -0.2) is 42.2 Å². The number of hydrogen-bond donors (Lipinski definition) is 1. The van der Waals surface area contributed by atoms with Gasteiger partial charge in [0.25, 0.3) is 0 Å². The Kier molecular flexibility index (Phi) is 6.39. The Balaban J connectivity index is 2.05. The topological polar surface area (TPSA) is 54.5 Å². The first-order chi connectivity index (χ1) is 14.5. The Labute approximate surface area is 171 Å². The standard InChI is InChI=1S/C19H16F7N3O2/c20-14-10-11(3-4-12(14)18(21,22)23)15(28-17(30)29-6-8-31-9-7-29)16-13(19(24,25)26)2-1-5-27-16/h1-5,10,15H,6-9H2,(H,28,30). The highest BCUT2D eigenvalue weighted by Crippen LogP contribution is 2.37. The molecule has 0 aliphatic carbocycles. The molecule has 1 saturated heterocycles. The molecule has 1 aliphatic heterocycles. The number of benzene rings is 1. The fourth-order valence-electron chi connectivity index (χ4n) is 3.12. The van der Waals surface area contributed by atoms with Crippen LogP contribution >= 0.6 is 0 Å². The fourth-order valence-corrected chi connectivity index (χ4v) is 3.12. The molecule has 0 spiro atoms. The molecule has 1 unspecified atom stereocenters. The molecule has 0 bridgehead atoms. The lowest BCUT2D eigenvalue weighted by Crippen LogP contribution is -2.47. The average molecular weight is 451 g/mol. The van der Waals surface area contributed by atoms with Crippen molar-refractivity contribution >= 4 is 6.03 Å². The van der Waals surface area contributed by atoms with Crippen molar-refractivity contribution in [2.75, 3.05) is 26.3 Å². The number of urea groups is 1. The van der Waals surface area contributed by atoms with Crippen LogP contribution in [0.1, 0.15) is 28.4 Å². The van der Waals surface area contributed by atoms with E-state index < -0.39 is 47.1 Å². The van der Waals surface area contributed by atoms with E-state index in [0.717, 1.165) is 24.4 Å². The van der Waals surface area contributed by atoms with Gasteiger partial charge in [0.15, 0.2) is 0 Å². The van der Waals surface area contributed by atoms with Crippen LogP contribution in [0.4, 0.5) is 35.5 Å². The van der Waals surface area contributed by atoms with Gasteiger partial charge in [-0.15, -0.1) is 0 Å². The van der Waals surface area contributed by atoms with Gasteiger partial charge in [-0.2, -0.15) is 26.3 Å². The second-order valence-electron chi connectivity index (χ2n) is 6.65. The van der Waals surface area contributed by atoms with Crippen molar-refractivity contribution < 1.29 is 40.3 Å². The Morgan fingerprint density at radius 2 is 1.68 bits per heavy atom. The maximum absolute atomic E-state index is 14.1. The van der Waals surface area contributed by atoms with Crippen molar-refractivity contribution in [3.8, 4) is 0 Å². The molecule has 2 aromatic rings. The highest BCUT2D eigenvalue weighted by atomic mass is 19.4. The molecule has 2 heterocycles. The second-order valence-corrected chi connectivity index (χ2v) is 6.65. The van der Waals surface area contributed by atoms with Crippen LogP contribution in [0.25, 0.3) is 0 Å². The summed E-state index contributed by atoms with van der Waals surface area (Å²) in [6, 6.07) is 0.983. The molecule has 1 aromatic heterocycles. The van der Waals surface area contributed by atoms with Crippen LogP contribution in [0.15, 0.2) is 36.5 Å². The van der Waals surface area contributed by atoms with E-state index in [0.29, 0.717) is 12.1 Å². The van der Waals surface area contributed by atoms with Crippen LogP contribution < -0.4 is 5.32 Å². The lowest BCUT2D eigenvalue weighted by Gasteiger charge is -2.30. The zero-order valence-electron chi connectivity index (χ0n) is 15.7. The second kappa shape index (κ2) is 8.69. The van der Waals surface area contributed by atoms with Gasteiger partial charge < -0.3 is 15.0 Å². The summed E-state index contributed by atoms with van der Waals surface area (Å²) in [5, 5.41) is 2.34. The van der Waals surface area contributed by atoms with Crippen LogP contribution in [0.3, 0.4) is 0 Å². The third-order valence-corrected chi connectivity index (χ3v) is 4.62. The normalized spacial score (nSPS) is 16.2. The van der Waals surface area contributed by atoms with Gasteiger partial charge in [-0.05, 0) is 29.8 Å². The Morgan fingerprint density at radius 3 is 2.26 bits per heavy atom. The minimum atomic E-state index is -4.99. The van der Waals surface area contributed by atoms with E-state index in [1.54, 1.807) is 0 Å². The van der Waals surface area contributed by atoms with Gasteiger partial charge in [0, 0.05) is 19.3 Å². The zero-order chi connectivity index (χ0) is 22.8. The smallest absolute Gasteiger partial charge is 0.378 e. The molecule has 2 amide bonds. The van der Waals surface area contributed by atoms with Crippen LogP contribution in [-0.2, 0) is 17.1 Å². The number of ether oxygens (including phenoxy) is 1. The monoisotopic (exact) mass is 451 g/mol. The maximum Gasteiger partial charge on any atom is 0.419 e. The first-order valence-corrected chi connectivity index (χ1v) is 9.00. The lowest BCUT2D eigenvalue weighted by molar-refractivity contribution is -0.140. The minimum Gasteiger partial charge on any atom is -0.378 e. The van der Waals surface area contributed by atoms with Gasteiger partial charge in [-0.3, -0.25) is 4.98 Å². The van der Waals surface area contributed by atoms with E-state index >= 15 is 0 Å². The Bertz CT molecular complexity index is 941. The fraction of sp³-hybridized carbons (Fsp3) is 0.368. The zero-order valence-corrected chi connectivity index (χ0v) is 15.7. The number of morpholine rings is 1. The first-order valence-electron chi connectivity index (χ1n) is 9.00. The highest BCUT2D eigenvalue weighted by Gasteiger charge is 2.38. The van der Waals surface area contributed by atoms with Crippen molar-refractivity contribution in [3.63, 3.8) is 0 Å². The molecule has 12 heteroatoms. The molecule has 5 nitrogen and oxygen atoms in total. The molecular weight excluding hydrogens is 435 g/mol. The SMILES string of the molecule is O=C(NC(c1ccc(C(F)(F)F)c(F)c1)c1ncccc1C(F)(F)F)N1CCOCC1. The van der Waals surface area contributed by atoms with Crippen molar-refractivity contribution in [2.45, 2.75) is 18.4 Å². The number of amides is 2. The molecule has 168 valence electrons. The number of hydrogen-bond acceptors (Lipinski definition) is 3. The summed E-state index contributed by atoms with van der Waals surface area (Å²) in [5.74, 6) is -1.68. The van der Waals surface area contributed by atoms with Gasteiger partial charge in [0.05, 0.1) is 36.1 Å². The van der Waals surface area contributed by atoms with E-state index in [4.69, 9.17) is 4.74 Å². The maximum atomic E-state index is 14.1. The van der Waals surface area contributed by atoms with Crippen molar-refractivity contribution in [1.82, 2.24) is 15.2 Å². The molecule has 1 N–H and O–H groups in total. The van der Waals surface area contributed by atoms with Crippen molar-refractivity contribution in [2.24, 2.45) is 0 Å². The predicted molar refractivity (Wildman–Crippen MR) is 93.4 cm³/mol. The number of nitrogens with zero attached hydrogens (tertiary/aromatic N) is 2. The quantitative estimate of drug-likeness (QED) is 0.705. The van der Waals surface area contributed by atoms with E-state index in [9.17, 15) is 35.5 Å². The van der Waals surface area contributed by atoms with E-state index in [1.165, 1.54) is 4.90 Å². The number of aromatic nitrogens is 1. The summed E-state index contributed by atoms with van der Waals surface area (Å²) in [4.78, 5) is 17.6. The number of carbonyl (C=O) groups is 1. The molecule has 0 radical (unpaired) electrons. The molecule has 1 atom stereocenters. The molecule has 31 heavy (non-hydrogen) atoms. The number of carbonyl (C=O) groups excluding carboxylic acids is 1. The third kappa shape index (κ3) is 5.24.